The molecular weight excluding hydrogens is 578 g/mol. The normalized spacial score (nSPS) is 24.7. The Morgan fingerprint density at radius 2 is 2.02 bits per heavy atom. The molecule has 0 radical (unpaired) electrons. The standard InChI is InChI=1S/C31H36ClN3O4S2/c1-4-5-6-7-8-9-20-15-23(20)29(36)35-41(37,38)31(12-13-31)27-14-18(2)25-17-40-30(34-25)24-16-22-19(3)26(39-27)11-10-21(22)28(32)33-24/h8-11,16-18,20,23,27H,4-7,12-15H2,1-3H3,(H,35,36)/b9-8-. The van der Waals surface area contributed by atoms with Gasteiger partial charge in [0.15, 0.2) is 0 Å². The molecule has 3 aromatic rings. The van der Waals surface area contributed by atoms with Crippen LogP contribution in [-0.4, -0.2) is 35.1 Å². The van der Waals surface area contributed by atoms with Crippen molar-refractivity contribution >= 4 is 49.6 Å². The lowest BCUT2D eigenvalue weighted by Gasteiger charge is -2.30. The van der Waals surface area contributed by atoms with Crippen molar-refractivity contribution < 1.29 is 17.9 Å². The summed E-state index contributed by atoms with van der Waals surface area (Å²) in [5.41, 5.74) is 2.44. The molecule has 1 N–H and O–H groups in total. The summed E-state index contributed by atoms with van der Waals surface area (Å²) in [5, 5.41) is 4.86. The summed E-state index contributed by atoms with van der Waals surface area (Å²) in [6, 6.07) is 5.69. The molecule has 0 saturated heterocycles. The number of thiazole rings is 1. The number of halogens is 1. The van der Waals surface area contributed by atoms with E-state index < -0.39 is 26.8 Å². The number of carbonyl (C=O) groups is 1. The number of pyridine rings is 1. The summed E-state index contributed by atoms with van der Waals surface area (Å²) in [5.74, 6) is -0.0296. The Kier molecular flexibility index (Phi) is 7.66. The van der Waals surface area contributed by atoms with Crippen molar-refractivity contribution in [1.82, 2.24) is 14.7 Å². The van der Waals surface area contributed by atoms with Crippen molar-refractivity contribution in [1.29, 1.82) is 0 Å². The molecule has 1 aliphatic heterocycles. The van der Waals surface area contributed by atoms with Crippen LogP contribution in [0.25, 0.3) is 21.5 Å². The van der Waals surface area contributed by atoms with Gasteiger partial charge in [0.05, 0.1) is 5.69 Å². The minimum Gasteiger partial charge on any atom is -0.488 e. The van der Waals surface area contributed by atoms with E-state index in [9.17, 15) is 13.2 Å². The zero-order valence-corrected chi connectivity index (χ0v) is 26.0. The maximum Gasteiger partial charge on any atom is 0.244 e. The molecule has 3 heterocycles. The fourth-order valence-electron chi connectivity index (χ4n) is 5.95. The number of amides is 1. The second-order valence-electron chi connectivity index (χ2n) is 11.9. The number of unbranched alkanes of at least 4 members (excludes halogenated alkanes) is 3. The lowest BCUT2D eigenvalue weighted by atomic mass is 9.97. The molecule has 2 saturated carbocycles. The Morgan fingerprint density at radius 3 is 2.78 bits per heavy atom. The van der Waals surface area contributed by atoms with Gasteiger partial charge in [-0.15, -0.1) is 11.3 Å². The number of nitrogens with one attached hydrogen (secondary N) is 1. The Bertz CT molecular complexity index is 1630. The molecule has 6 rings (SSSR count). The number of hydrogen-bond acceptors (Lipinski definition) is 7. The molecule has 10 heteroatoms. The van der Waals surface area contributed by atoms with Gasteiger partial charge in [0.2, 0.25) is 15.9 Å². The second-order valence-corrected chi connectivity index (χ2v) is 15.1. The van der Waals surface area contributed by atoms with Crippen molar-refractivity contribution in [3.8, 4) is 16.5 Å². The number of carbonyl (C=O) groups excluding carboxylic acids is 1. The van der Waals surface area contributed by atoms with E-state index >= 15 is 0 Å². The number of aryl methyl sites for hydroxylation is 1. The highest BCUT2D eigenvalue weighted by atomic mass is 35.5. The van der Waals surface area contributed by atoms with Crippen LogP contribution in [0.4, 0.5) is 0 Å². The molecule has 41 heavy (non-hydrogen) atoms. The summed E-state index contributed by atoms with van der Waals surface area (Å²) in [6.45, 7) is 6.17. The van der Waals surface area contributed by atoms with E-state index in [1.807, 2.05) is 37.4 Å². The SMILES string of the molecule is CCCCC/C=C\C1CC1C(=O)NS(=O)(=O)C1(C2CC(C)c3csc(n3)-c3cc4c(C)c(ccc4c(Cl)n3)O2)CC1. The maximum atomic E-state index is 13.9. The van der Waals surface area contributed by atoms with Crippen molar-refractivity contribution in [2.75, 3.05) is 0 Å². The monoisotopic (exact) mass is 613 g/mol. The van der Waals surface area contributed by atoms with Crippen LogP contribution in [0.5, 0.6) is 5.75 Å². The van der Waals surface area contributed by atoms with Crippen LogP contribution >= 0.6 is 22.9 Å². The lowest BCUT2D eigenvalue weighted by Crippen LogP contribution is -2.49. The van der Waals surface area contributed by atoms with Crippen molar-refractivity contribution in [3.63, 3.8) is 0 Å². The molecule has 0 spiro atoms. The van der Waals surface area contributed by atoms with Gasteiger partial charge in [-0.2, -0.15) is 0 Å². The highest BCUT2D eigenvalue weighted by molar-refractivity contribution is 7.91. The predicted molar refractivity (Wildman–Crippen MR) is 164 cm³/mol. The van der Waals surface area contributed by atoms with Crippen LogP contribution < -0.4 is 9.46 Å². The van der Waals surface area contributed by atoms with Crippen LogP contribution in [0.15, 0.2) is 35.7 Å². The molecule has 2 fully saturated rings. The van der Waals surface area contributed by atoms with Crippen LogP contribution in [0, 0.1) is 18.8 Å². The summed E-state index contributed by atoms with van der Waals surface area (Å²) >= 11 is 8.07. The van der Waals surface area contributed by atoms with Gasteiger partial charge in [0.1, 0.15) is 32.5 Å². The molecular formula is C31H36ClN3O4S2. The first-order chi connectivity index (χ1) is 19.6. The first-order valence-electron chi connectivity index (χ1n) is 14.6. The van der Waals surface area contributed by atoms with Gasteiger partial charge in [-0.05, 0) is 80.5 Å². The third-order valence-electron chi connectivity index (χ3n) is 8.90. The Balaban J connectivity index is 1.27. The van der Waals surface area contributed by atoms with Crippen molar-refractivity contribution in [3.05, 3.63) is 52.1 Å². The average Bonchev–Trinajstić information content (AvgIpc) is 3.85. The zero-order valence-electron chi connectivity index (χ0n) is 23.7. The van der Waals surface area contributed by atoms with E-state index in [4.69, 9.17) is 21.3 Å². The predicted octanol–water partition coefficient (Wildman–Crippen LogP) is 7.33. The van der Waals surface area contributed by atoms with Crippen LogP contribution in [0.1, 0.15) is 82.4 Å². The minimum absolute atomic E-state index is 0.0684. The number of hydrogen-bond donors (Lipinski definition) is 1. The van der Waals surface area contributed by atoms with E-state index in [2.05, 4.69) is 28.8 Å². The number of nitrogens with zero attached hydrogens (tertiary/aromatic N) is 2. The molecule has 5 bridgehead atoms. The van der Waals surface area contributed by atoms with E-state index in [0.717, 1.165) is 39.9 Å². The molecule has 4 unspecified atom stereocenters. The molecule has 1 amide bonds. The minimum atomic E-state index is -3.99. The molecule has 7 nitrogen and oxygen atoms in total. The summed E-state index contributed by atoms with van der Waals surface area (Å²) in [4.78, 5) is 22.5. The van der Waals surface area contributed by atoms with Crippen LogP contribution in [0.3, 0.4) is 0 Å². The molecule has 4 atom stereocenters. The molecule has 1 aromatic carbocycles. The fraction of sp³-hybridized carbons (Fsp3) is 0.516. The van der Waals surface area contributed by atoms with Crippen molar-refractivity contribution in [2.24, 2.45) is 11.8 Å². The van der Waals surface area contributed by atoms with E-state index in [-0.39, 0.29) is 17.8 Å². The lowest BCUT2D eigenvalue weighted by molar-refractivity contribution is -0.120. The topological polar surface area (TPSA) is 98.2 Å². The van der Waals surface area contributed by atoms with Gasteiger partial charge in [-0.25, -0.2) is 18.4 Å². The number of rotatable bonds is 9. The highest BCUT2D eigenvalue weighted by Gasteiger charge is 2.62. The summed E-state index contributed by atoms with van der Waals surface area (Å²) in [7, 11) is -3.99. The Morgan fingerprint density at radius 1 is 1.22 bits per heavy atom. The Hall–Kier alpha value is -2.49. The van der Waals surface area contributed by atoms with Gasteiger partial charge in [-0.1, -0.05) is 50.4 Å². The van der Waals surface area contributed by atoms with Crippen LogP contribution in [0.2, 0.25) is 5.15 Å². The van der Waals surface area contributed by atoms with E-state index in [1.54, 1.807) is 0 Å². The number of allylic oxidation sites excluding steroid dienone is 2. The first kappa shape index (κ1) is 28.6. The molecule has 2 aromatic heterocycles. The largest absolute Gasteiger partial charge is 0.488 e. The van der Waals surface area contributed by atoms with Gasteiger partial charge in [0.25, 0.3) is 0 Å². The zero-order chi connectivity index (χ0) is 28.9. The number of sulfonamides is 1. The third-order valence-corrected chi connectivity index (χ3v) is 12.3. The van der Waals surface area contributed by atoms with Crippen LogP contribution in [-0.2, 0) is 14.8 Å². The number of aromatic nitrogens is 2. The summed E-state index contributed by atoms with van der Waals surface area (Å²) < 4.78 is 35.7. The highest BCUT2D eigenvalue weighted by Crippen LogP contribution is 2.51. The van der Waals surface area contributed by atoms with Gasteiger partial charge in [0, 0.05) is 22.6 Å². The van der Waals surface area contributed by atoms with Gasteiger partial charge < -0.3 is 4.74 Å². The number of ether oxygens (including phenoxy) is 1. The van der Waals surface area contributed by atoms with Gasteiger partial charge >= 0.3 is 0 Å². The third kappa shape index (κ3) is 5.41. The fourth-order valence-corrected chi connectivity index (χ4v) is 8.86. The summed E-state index contributed by atoms with van der Waals surface area (Å²) in [6.07, 6.45) is 10.1. The number of fused-ring (bicyclic) bond motifs is 5. The molecule has 3 aliphatic rings. The smallest absolute Gasteiger partial charge is 0.244 e. The maximum absolute atomic E-state index is 13.9. The Labute approximate surface area is 250 Å². The quantitative estimate of drug-likeness (QED) is 0.154. The average molecular weight is 614 g/mol. The second kappa shape index (κ2) is 11.0. The van der Waals surface area contributed by atoms with E-state index in [1.165, 1.54) is 24.2 Å². The van der Waals surface area contributed by atoms with Gasteiger partial charge in [-0.3, -0.25) is 9.52 Å². The van der Waals surface area contributed by atoms with E-state index in [0.29, 0.717) is 42.3 Å². The first-order valence-corrected chi connectivity index (χ1v) is 17.3. The molecule has 218 valence electrons. The van der Waals surface area contributed by atoms with Crippen molar-refractivity contribution in [2.45, 2.75) is 88.9 Å². The molecule has 2 aliphatic carbocycles. The number of benzene rings is 1.